The topological polar surface area (TPSA) is 76.0 Å². The molecular weight excluding hydrogens is 236 g/mol. The molecule has 0 aliphatic carbocycles. The average Bonchev–Trinajstić information content (AvgIpc) is 2.35. The van der Waals surface area contributed by atoms with Crippen molar-refractivity contribution in [2.75, 3.05) is 14.2 Å². The van der Waals surface area contributed by atoms with E-state index in [9.17, 15) is 9.90 Å². The van der Waals surface area contributed by atoms with Crippen molar-refractivity contribution in [2.24, 2.45) is 0 Å². The van der Waals surface area contributed by atoms with Gasteiger partial charge in [-0.05, 0) is 25.5 Å². The molecule has 0 radical (unpaired) electrons. The number of aliphatic hydroxyl groups is 1. The lowest BCUT2D eigenvalue weighted by Gasteiger charge is -2.25. The van der Waals surface area contributed by atoms with Crippen molar-refractivity contribution in [3.05, 3.63) is 23.8 Å². The van der Waals surface area contributed by atoms with Gasteiger partial charge in [0.1, 0.15) is 11.5 Å². The minimum absolute atomic E-state index is 0.109. The minimum atomic E-state index is -1.25. The van der Waals surface area contributed by atoms with Gasteiger partial charge in [-0.25, -0.2) is 0 Å². The highest BCUT2D eigenvalue weighted by atomic mass is 16.5. The normalized spacial score (nSPS) is 13.8. The van der Waals surface area contributed by atoms with Crippen molar-refractivity contribution < 1.29 is 24.5 Å². The summed E-state index contributed by atoms with van der Waals surface area (Å²) >= 11 is 0. The number of carboxylic acid groups (broad SMARTS) is 1. The quantitative estimate of drug-likeness (QED) is 0.809. The van der Waals surface area contributed by atoms with Crippen LogP contribution in [0.4, 0.5) is 0 Å². The van der Waals surface area contributed by atoms with E-state index >= 15 is 0 Å². The zero-order valence-corrected chi connectivity index (χ0v) is 10.8. The monoisotopic (exact) mass is 254 g/mol. The number of carboxylic acids is 1. The number of aliphatic carboxylic acids is 1. The zero-order valence-electron chi connectivity index (χ0n) is 10.8. The Labute approximate surface area is 106 Å². The fourth-order valence-corrected chi connectivity index (χ4v) is 1.73. The summed E-state index contributed by atoms with van der Waals surface area (Å²) in [5, 5.41) is 19.0. The molecule has 0 saturated heterocycles. The van der Waals surface area contributed by atoms with E-state index in [0.29, 0.717) is 17.1 Å². The molecule has 0 fully saturated rings. The molecule has 2 N–H and O–H groups in total. The molecule has 1 aromatic carbocycles. The van der Waals surface area contributed by atoms with Crippen LogP contribution < -0.4 is 9.47 Å². The van der Waals surface area contributed by atoms with E-state index in [0.717, 1.165) is 0 Å². The Morgan fingerprint density at radius 3 is 2.50 bits per heavy atom. The lowest BCUT2D eigenvalue weighted by atomic mass is 9.90. The highest BCUT2D eigenvalue weighted by Gasteiger charge is 2.27. The molecule has 18 heavy (non-hydrogen) atoms. The Morgan fingerprint density at radius 1 is 1.33 bits per heavy atom. The Balaban J connectivity index is 3.02. The molecule has 0 aliphatic rings. The molecular formula is C13H18O5. The first-order valence-electron chi connectivity index (χ1n) is 5.57. The summed E-state index contributed by atoms with van der Waals surface area (Å²) in [5.41, 5.74) is -0.706. The van der Waals surface area contributed by atoms with Crippen LogP contribution in [-0.2, 0) is 10.4 Å². The molecule has 0 amide bonds. The molecule has 1 rings (SSSR count). The molecule has 5 nitrogen and oxygen atoms in total. The van der Waals surface area contributed by atoms with Gasteiger partial charge in [0, 0.05) is 18.1 Å². The largest absolute Gasteiger partial charge is 0.497 e. The first kappa shape index (κ1) is 14.3. The molecule has 100 valence electrons. The molecule has 0 spiro atoms. The molecule has 0 aromatic heterocycles. The highest BCUT2D eigenvalue weighted by Crippen LogP contribution is 2.35. The summed E-state index contributed by atoms with van der Waals surface area (Å²) in [4.78, 5) is 10.6. The standard InChI is InChI=1S/C13H18O5/c1-13(16,7-6-12(14)15)10-5-4-9(17-2)8-11(10)18-3/h4-5,8,16H,6-7H2,1-3H3,(H,14,15). The molecule has 0 aliphatic heterocycles. The van der Waals surface area contributed by atoms with Gasteiger partial charge in [0.2, 0.25) is 0 Å². The Kier molecular flexibility index (Phi) is 4.55. The molecule has 1 aromatic rings. The lowest BCUT2D eigenvalue weighted by Crippen LogP contribution is -2.23. The molecule has 1 atom stereocenters. The minimum Gasteiger partial charge on any atom is -0.497 e. The molecule has 0 bridgehead atoms. The van der Waals surface area contributed by atoms with Crippen LogP contribution in [0.3, 0.4) is 0 Å². The Morgan fingerprint density at radius 2 is 2.00 bits per heavy atom. The first-order valence-corrected chi connectivity index (χ1v) is 5.57. The van der Waals surface area contributed by atoms with Gasteiger partial charge >= 0.3 is 5.97 Å². The van der Waals surface area contributed by atoms with Gasteiger partial charge in [0.05, 0.1) is 19.8 Å². The van der Waals surface area contributed by atoms with Crippen molar-refractivity contribution in [1.82, 2.24) is 0 Å². The second-order valence-corrected chi connectivity index (χ2v) is 4.23. The van der Waals surface area contributed by atoms with E-state index in [2.05, 4.69) is 0 Å². The fourth-order valence-electron chi connectivity index (χ4n) is 1.73. The number of ether oxygens (including phenoxy) is 2. The van der Waals surface area contributed by atoms with Gasteiger partial charge in [0.15, 0.2) is 0 Å². The van der Waals surface area contributed by atoms with Crippen LogP contribution in [0.5, 0.6) is 11.5 Å². The van der Waals surface area contributed by atoms with Gasteiger partial charge in [-0.15, -0.1) is 0 Å². The number of rotatable bonds is 6. The van der Waals surface area contributed by atoms with E-state index in [4.69, 9.17) is 14.6 Å². The van der Waals surface area contributed by atoms with Gasteiger partial charge in [-0.2, -0.15) is 0 Å². The van der Waals surface area contributed by atoms with E-state index in [1.54, 1.807) is 25.1 Å². The summed E-state index contributed by atoms with van der Waals surface area (Å²) < 4.78 is 10.3. The smallest absolute Gasteiger partial charge is 0.303 e. The number of carbonyl (C=O) groups is 1. The number of benzene rings is 1. The van der Waals surface area contributed by atoms with Crippen LogP contribution >= 0.6 is 0 Å². The Bertz CT molecular complexity index is 425. The van der Waals surface area contributed by atoms with Crippen molar-refractivity contribution in [3.63, 3.8) is 0 Å². The maximum Gasteiger partial charge on any atom is 0.303 e. The summed E-state index contributed by atoms with van der Waals surface area (Å²) in [6.07, 6.45) is 0.00715. The highest BCUT2D eigenvalue weighted by molar-refractivity contribution is 5.66. The van der Waals surface area contributed by atoms with E-state index < -0.39 is 11.6 Å². The van der Waals surface area contributed by atoms with Crippen LogP contribution in [0, 0.1) is 0 Å². The maximum atomic E-state index is 10.6. The number of methoxy groups -OCH3 is 2. The number of hydrogen-bond acceptors (Lipinski definition) is 4. The van der Waals surface area contributed by atoms with Gasteiger partial charge in [-0.1, -0.05) is 0 Å². The Hall–Kier alpha value is -1.75. The average molecular weight is 254 g/mol. The van der Waals surface area contributed by atoms with Crippen LogP contribution in [0.2, 0.25) is 0 Å². The molecule has 5 heteroatoms. The third kappa shape index (κ3) is 3.37. The van der Waals surface area contributed by atoms with Crippen LogP contribution in [0.1, 0.15) is 25.3 Å². The van der Waals surface area contributed by atoms with Crippen LogP contribution in [0.25, 0.3) is 0 Å². The third-order valence-electron chi connectivity index (χ3n) is 2.81. The summed E-state index contributed by atoms with van der Waals surface area (Å²) in [5.74, 6) is 0.150. The van der Waals surface area contributed by atoms with E-state index in [1.807, 2.05) is 0 Å². The third-order valence-corrected chi connectivity index (χ3v) is 2.81. The molecule has 1 unspecified atom stereocenters. The zero-order chi connectivity index (χ0) is 13.8. The van der Waals surface area contributed by atoms with Crippen molar-refractivity contribution in [1.29, 1.82) is 0 Å². The summed E-state index contributed by atoms with van der Waals surface area (Å²) in [7, 11) is 3.03. The second-order valence-electron chi connectivity index (χ2n) is 4.23. The number of hydrogen-bond donors (Lipinski definition) is 2. The van der Waals surface area contributed by atoms with Crippen LogP contribution in [-0.4, -0.2) is 30.4 Å². The van der Waals surface area contributed by atoms with Gasteiger partial charge in [0.25, 0.3) is 0 Å². The predicted octanol–water partition coefficient (Wildman–Crippen LogP) is 1.78. The van der Waals surface area contributed by atoms with Crippen molar-refractivity contribution in [2.45, 2.75) is 25.4 Å². The van der Waals surface area contributed by atoms with Crippen molar-refractivity contribution in [3.8, 4) is 11.5 Å². The van der Waals surface area contributed by atoms with Gasteiger partial charge in [-0.3, -0.25) is 4.79 Å². The van der Waals surface area contributed by atoms with Gasteiger partial charge < -0.3 is 19.7 Å². The van der Waals surface area contributed by atoms with Crippen LogP contribution in [0.15, 0.2) is 18.2 Å². The van der Waals surface area contributed by atoms with E-state index in [-0.39, 0.29) is 12.8 Å². The SMILES string of the molecule is COc1ccc(C(C)(O)CCC(=O)O)c(OC)c1. The second kappa shape index (κ2) is 5.73. The van der Waals surface area contributed by atoms with E-state index in [1.165, 1.54) is 14.2 Å². The predicted molar refractivity (Wildman–Crippen MR) is 66.0 cm³/mol. The summed E-state index contributed by atoms with van der Waals surface area (Å²) in [6.45, 7) is 1.57. The summed E-state index contributed by atoms with van der Waals surface area (Å²) in [6, 6.07) is 5.04. The first-order chi connectivity index (χ1) is 8.40. The molecule has 0 heterocycles. The fraction of sp³-hybridized carbons (Fsp3) is 0.462. The lowest BCUT2D eigenvalue weighted by molar-refractivity contribution is -0.138. The van der Waals surface area contributed by atoms with Crippen molar-refractivity contribution >= 4 is 5.97 Å². The maximum absolute atomic E-state index is 10.6. The molecule has 0 saturated carbocycles.